The summed E-state index contributed by atoms with van der Waals surface area (Å²) in [6.45, 7) is 2.84. The number of ketones is 1. The molecule has 0 unspecified atom stereocenters. The van der Waals surface area contributed by atoms with Crippen LogP contribution in [0.2, 0.25) is 5.02 Å². The summed E-state index contributed by atoms with van der Waals surface area (Å²) in [4.78, 5) is 12.2. The molecule has 0 radical (unpaired) electrons. The van der Waals surface area contributed by atoms with Crippen molar-refractivity contribution in [2.24, 2.45) is 0 Å². The fourth-order valence-electron chi connectivity index (χ4n) is 1.84. The van der Waals surface area contributed by atoms with Crippen LogP contribution in [0.25, 0.3) is 0 Å². The van der Waals surface area contributed by atoms with Crippen LogP contribution in [0.3, 0.4) is 0 Å². The van der Waals surface area contributed by atoms with E-state index in [9.17, 15) is 4.79 Å². The van der Waals surface area contributed by atoms with Gasteiger partial charge in [-0.05, 0) is 30.2 Å². The van der Waals surface area contributed by atoms with Crippen LogP contribution < -0.4 is 0 Å². The van der Waals surface area contributed by atoms with Gasteiger partial charge in [0.05, 0.1) is 0 Å². The summed E-state index contributed by atoms with van der Waals surface area (Å²) in [6, 6.07) is 9.12. The van der Waals surface area contributed by atoms with Gasteiger partial charge in [0, 0.05) is 24.2 Å². The third-order valence-electron chi connectivity index (χ3n) is 2.72. The van der Waals surface area contributed by atoms with Crippen molar-refractivity contribution in [3.8, 4) is 0 Å². The maximum atomic E-state index is 12.2. The Bertz CT molecular complexity index is 531. The van der Waals surface area contributed by atoms with Crippen LogP contribution in [0.5, 0.6) is 0 Å². The van der Waals surface area contributed by atoms with Gasteiger partial charge in [0.1, 0.15) is 5.69 Å². The largest absolute Gasteiger partial charge is 0.292 e. The first-order chi connectivity index (χ1) is 8.70. The zero-order valence-corrected chi connectivity index (χ0v) is 11.0. The molecule has 1 aromatic heterocycles. The van der Waals surface area contributed by atoms with Crippen LogP contribution in [0.15, 0.2) is 36.5 Å². The minimum atomic E-state index is 0.0864. The number of hydrogen-bond acceptors (Lipinski definition) is 2. The lowest BCUT2D eigenvalue weighted by Crippen LogP contribution is -2.12. The van der Waals surface area contributed by atoms with E-state index in [1.54, 1.807) is 29.1 Å². The van der Waals surface area contributed by atoms with Crippen molar-refractivity contribution in [1.29, 1.82) is 0 Å². The molecule has 1 heterocycles. The summed E-state index contributed by atoms with van der Waals surface area (Å²) >= 11 is 5.82. The number of aromatic nitrogens is 2. The van der Waals surface area contributed by atoms with Crippen LogP contribution >= 0.6 is 11.6 Å². The highest BCUT2D eigenvalue weighted by Crippen LogP contribution is 2.12. The van der Waals surface area contributed by atoms with Gasteiger partial charge in [0.2, 0.25) is 0 Å². The molecule has 2 rings (SSSR count). The molecule has 0 aliphatic carbocycles. The number of halogens is 1. The Morgan fingerprint density at radius 1 is 1.28 bits per heavy atom. The van der Waals surface area contributed by atoms with E-state index in [0.29, 0.717) is 17.1 Å². The molecule has 1 aromatic carbocycles. The molecule has 18 heavy (non-hydrogen) atoms. The fourth-order valence-corrected chi connectivity index (χ4v) is 1.96. The van der Waals surface area contributed by atoms with E-state index in [2.05, 4.69) is 12.0 Å². The highest BCUT2D eigenvalue weighted by atomic mass is 35.5. The van der Waals surface area contributed by atoms with E-state index in [0.717, 1.165) is 18.5 Å². The molecule has 0 atom stereocenters. The maximum Gasteiger partial charge on any atom is 0.185 e. The van der Waals surface area contributed by atoms with Crippen molar-refractivity contribution in [2.45, 2.75) is 26.3 Å². The first-order valence-electron chi connectivity index (χ1n) is 6.00. The number of Topliss-reactive ketones (excluding diaryl/α,β-unsaturated/α-hetero) is 1. The summed E-state index contributed by atoms with van der Waals surface area (Å²) < 4.78 is 1.76. The molecule has 0 spiro atoms. The van der Waals surface area contributed by atoms with Gasteiger partial charge < -0.3 is 0 Å². The summed E-state index contributed by atoms with van der Waals surface area (Å²) in [7, 11) is 0. The zero-order chi connectivity index (χ0) is 13.0. The van der Waals surface area contributed by atoms with Gasteiger partial charge in [-0.15, -0.1) is 0 Å². The third-order valence-corrected chi connectivity index (χ3v) is 2.97. The Labute approximate surface area is 111 Å². The topological polar surface area (TPSA) is 34.9 Å². The molecule has 0 N–H and O–H groups in total. The van der Waals surface area contributed by atoms with Crippen molar-refractivity contribution in [3.63, 3.8) is 0 Å². The van der Waals surface area contributed by atoms with E-state index >= 15 is 0 Å². The lowest BCUT2D eigenvalue weighted by Gasteiger charge is -2.05. The van der Waals surface area contributed by atoms with E-state index < -0.39 is 0 Å². The summed E-state index contributed by atoms with van der Waals surface area (Å²) in [5.41, 5.74) is 1.64. The third kappa shape index (κ3) is 2.99. The van der Waals surface area contributed by atoms with E-state index in [1.807, 2.05) is 12.1 Å². The van der Waals surface area contributed by atoms with Crippen LogP contribution in [0, 0.1) is 0 Å². The zero-order valence-electron chi connectivity index (χ0n) is 10.3. The lowest BCUT2D eigenvalue weighted by atomic mass is 10.1. The molecule has 0 saturated heterocycles. The standard InChI is InChI=1S/C14H15ClN2O/c1-2-9-17-13(7-8-16-17)14(18)10-11-3-5-12(15)6-4-11/h3-8H,2,9-10H2,1H3. The summed E-state index contributed by atoms with van der Waals surface area (Å²) in [6.07, 6.45) is 3.01. The Kier molecular flexibility index (Phi) is 4.15. The molecule has 4 heteroatoms. The SMILES string of the molecule is CCCn1nccc1C(=O)Cc1ccc(Cl)cc1. The first-order valence-corrected chi connectivity index (χ1v) is 6.38. The summed E-state index contributed by atoms with van der Waals surface area (Å²) in [5, 5.41) is 4.84. The van der Waals surface area contributed by atoms with Gasteiger partial charge >= 0.3 is 0 Å². The second kappa shape index (κ2) is 5.83. The smallest absolute Gasteiger partial charge is 0.185 e. The number of rotatable bonds is 5. The van der Waals surface area contributed by atoms with Crippen molar-refractivity contribution in [2.75, 3.05) is 0 Å². The van der Waals surface area contributed by atoms with Gasteiger partial charge in [-0.1, -0.05) is 30.7 Å². The monoisotopic (exact) mass is 262 g/mol. The Balaban J connectivity index is 2.11. The first kappa shape index (κ1) is 12.8. The molecule has 0 aliphatic heterocycles. The predicted molar refractivity (Wildman–Crippen MR) is 72.0 cm³/mol. The molecule has 0 amide bonds. The molecule has 0 aliphatic rings. The molecule has 0 bridgehead atoms. The molecule has 0 fully saturated rings. The Hall–Kier alpha value is -1.61. The quantitative estimate of drug-likeness (QED) is 0.775. The van der Waals surface area contributed by atoms with E-state index in [4.69, 9.17) is 11.6 Å². The number of carbonyl (C=O) groups excluding carboxylic acids is 1. The minimum Gasteiger partial charge on any atom is -0.292 e. The van der Waals surface area contributed by atoms with Crippen LogP contribution in [-0.2, 0) is 13.0 Å². The van der Waals surface area contributed by atoms with Crippen molar-refractivity contribution in [1.82, 2.24) is 9.78 Å². The Morgan fingerprint density at radius 3 is 2.67 bits per heavy atom. The van der Waals surface area contributed by atoms with Gasteiger partial charge in [-0.2, -0.15) is 5.10 Å². The number of benzene rings is 1. The highest BCUT2D eigenvalue weighted by Gasteiger charge is 2.12. The van der Waals surface area contributed by atoms with Crippen LogP contribution in [0.4, 0.5) is 0 Å². The normalized spacial score (nSPS) is 10.6. The molecular formula is C14H15ClN2O. The molecule has 94 valence electrons. The summed E-state index contributed by atoms with van der Waals surface area (Å²) in [5.74, 6) is 0.0864. The number of carbonyl (C=O) groups is 1. The highest BCUT2D eigenvalue weighted by molar-refractivity contribution is 6.30. The second-order valence-electron chi connectivity index (χ2n) is 4.17. The van der Waals surface area contributed by atoms with Crippen molar-refractivity contribution < 1.29 is 4.79 Å². The van der Waals surface area contributed by atoms with Gasteiger partial charge in [0.15, 0.2) is 5.78 Å². The van der Waals surface area contributed by atoms with Crippen LogP contribution in [0.1, 0.15) is 29.4 Å². The van der Waals surface area contributed by atoms with Gasteiger partial charge in [-0.25, -0.2) is 0 Å². The molecular weight excluding hydrogens is 248 g/mol. The fraction of sp³-hybridized carbons (Fsp3) is 0.286. The predicted octanol–water partition coefficient (Wildman–Crippen LogP) is 3.37. The average Bonchev–Trinajstić information content (AvgIpc) is 2.81. The minimum absolute atomic E-state index is 0.0864. The average molecular weight is 263 g/mol. The number of hydrogen-bond donors (Lipinski definition) is 0. The molecule has 3 nitrogen and oxygen atoms in total. The van der Waals surface area contributed by atoms with Gasteiger partial charge in [-0.3, -0.25) is 9.48 Å². The number of nitrogens with zero attached hydrogens (tertiary/aromatic N) is 2. The van der Waals surface area contributed by atoms with E-state index in [1.165, 1.54) is 0 Å². The lowest BCUT2D eigenvalue weighted by molar-refractivity contribution is 0.0982. The van der Waals surface area contributed by atoms with Crippen LogP contribution in [-0.4, -0.2) is 15.6 Å². The van der Waals surface area contributed by atoms with E-state index in [-0.39, 0.29) is 5.78 Å². The van der Waals surface area contributed by atoms with Gasteiger partial charge in [0.25, 0.3) is 0 Å². The Morgan fingerprint density at radius 2 is 2.00 bits per heavy atom. The van der Waals surface area contributed by atoms with Crippen molar-refractivity contribution in [3.05, 3.63) is 52.8 Å². The van der Waals surface area contributed by atoms with Crippen molar-refractivity contribution >= 4 is 17.4 Å². The molecule has 0 saturated carbocycles. The maximum absolute atomic E-state index is 12.2. The second-order valence-corrected chi connectivity index (χ2v) is 4.60. The molecule has 2 aromatic rings. The number of aryl methyl sites for hydroxylation is 1.